The van der Waals surface area contributed by atoms with Crippen LogP contribution in [0.1, 0.15) is 10.4 Å². The lowest BCUT2D eigenvalue weighted by Crippen LogP contribution is -2.26. The molecule has 0 unspecified atom stereocenters. The van der Waals surface area contributed by atoms with Gasteiger partial charge in [-0.2, -0.15) is 0 Å². The predicted molar refractivity (Wildman–Crippen MR) is 60.9 cm³/mol. The largest absolute Gasteiger partial charge is 0.338 e. The Kier molecular flexibility index (Phi) is 3.77. The lowest BCUT2D eigenvalue weighted by Gasteiger charge is -2.14. The molecule has 74 valence electrons. The van der Waals surface area contributed by atoms with Crippen LogP contribution < -0.4 is 0 Å². The maximum Gasteiger partial charge on any atom is 0.253 e. The molecule has 3 heteroatoms. The molecule has 1 aromatic carbocycles. The van der Waals surface area contributed by atoms with E-state index in [9.17, 15) is 4.79 Å². The van der Waals surface area contributed by atoms with Gasteiger partial charge >= 0.3 is 0 Å². The highest BCUT2D eigenvalue weighted by atomic mass is 32.1. The summed E-state index contributed by atoms with van der Waals surface area (Å²) in [6.07, 6.45) is 1.70. The van der Waals surface area contributed by atoms with Gasteiger partial charge in [-0.1, -0.05) is 6.08 Å². The summed E-state index contributed by atoms with van der Waals surface area (Å²) in [5.74, 6) is -0.00164. The molecule has 1 aromatic rings. The average molecular weight is 207 g/mol. The molecular weight excluding hydrogens is 194 g/mol. The highest BCUT2D eigenvalue weighted by Gasteiger charge is 2.08. The number of rotatable bonds is 3. The van der Waals surface area contributed by atoms with Crippen molar-refractivity contribution in [1.29, 1.82) is 0 Å². The zero-order chi connectivity index (χ0) is 10.6. The SMILES string of the molecule is C=CCN(C)C(=O)c1ccc(S)cc1. The normalized spacial score (nSPS) is 9.57. The van der Waals surface area contributed by atoms with Gasteiger partial charge in [0.15, 0.2) is 0 Å². The van der Waals surface area contributed by atoms with Crippen LogP contribution in [0.2, 0.25) is 0 Å². The van der Waals surface area contributed by atoms with Gasteiger partial charge in [-0.05, 0) is 24.3 Å². The third kappa shape index (κ3) is 2.64. The molecule has 0 aliphatic heterocycles. The number of amides is 1. The van der Waals surface area contributed by atoms with Gasteiger partial charge in [0.05, 0.1) is 0 Å². The first kappa shape index (κ1) is 10.9. The van der Waals surface area contributed by atoms with E-state index in [0.717, 1.165) is 4.90 Å². The zero-order valence-corrected chi connectivity index (χ0v) is 9.00. The highest BCUT2D eigenvalue weighted by Crippen LogP contribution is 2.09. The van der Waals surface area contributed by atoms with Gasteiger partial charge in [0.25, 0.3) is 5.91 Å². The van der Waals surface area contributed by atoms with Gasteiger partial charge in [-0.25, -0.2) is 0 Å². The second kappa shape index (κ2) is 4.86. The van der Waals surface area contributed by atoms with E-state index in [1.165, 1.54) is 0 Å². The van der Waals surface area contributed by atoms with Crippen molar-refractivity contribution in [2.45, 2.75) is 4.90 Å². The number of nitrogens with zero attached hydrogens (tertiary/aromatic N) is 1. The second-order valence-corrected chi connectivity index (χ2v) is 3.54. The van der Waals surface area contributed by atoms with Crippen LogP contribution in [-0.4, -0.2) is 24.4 Å². The summed E-state index contributed by atoms with van der Waals surface area (Å²) in [5.41, 5.74) is 0.673. The fourth-order valence-corrected chi connectivity index (χ4v) is 1.25. The minimum absolute atomic E-state index is 0.00164. The van der Waals surface area contributed by atoms with Crippen LogP contribution >= 0.6 is 12.6 Å². The van der Waals surface area contributed by atoms with Crippen LogP contribution in [0.4, 0.5) is 0 Å². The number of thiol groups is 1. The average Bonchev–Trinajstić information content (AvgIpc) is 2.18. The summed E-state index contributed by atoms with van der Waals surface area (Å²) in [4.78, 5) is 14.2. The number of carbonyl (C=O) groups is 1. The second-order valence-electron chi connectivity index (χ2n) is 3.02. The van der Waals surface area contributed by atoms with E-state index in [1.54, 1.807) is 42.3 Å². The Bertz CT molecular complexity index is 332. The summed E-state index contributed by atoms with van der Waals surface area (Å²) >= 11 is 4.15. The van der Waals surface area contributed by atoms with E-state index in [-0.39, 0.29) is 5.91 Å². The first-order chi connectivity index (χ1) is 6.65. The van der Waals surface area contributed by atoms with Gasteiger partial charge in [0, 0.05) is 24.1 Å². The Morgan fingerprint density at radius 2 is 2.07 bits per heavy atom. The van der Waals surface area contributed by atoms with E-state index in [0.29, 0.717) is 12.1 Å². The molecule has 0 bridgehead atoms. The summed E-state index contributed by atoms with van der Waals surface area (Å²) < 4.78 is 0. The van der Waals surface area contributed by atoms with Crippen LogP contribution in [0.15, 0.2) is 41.8 Å². The van der Waals surface area contributed by atoms with Crippen molar-refractivity contribution in [1.82, 2.24) is 4.90 Å². The maximum absolute atomic E-state index is 11.7. The summed E-state index contributed by atoms with van der Waals surface area (Å²) in [7, 11) is 1.75. The van der Waals surface area contributed by atoms with Crippen molar-refractivity contribution in [3.05, 3.63) is 42.5 Å². The van der Waals surface area contributed by atoms with Crippen LogP contribution in [0.5, 0.6) is 0 Å². The van der Waals surface area contributed by atoms with Crippen LogP contribution in [0.3, 0.4) is 0 Å². The predicted octanol–water partition coefficient (Wildman–Crippen LogP) is 2.23. The fraction of sp³-hybridized carbons (Fsp3) is 0.182. The lowest BCUT2D eigenvalue weighted by molar-refractivity contribution is 0.0810. The smallest absolute Gasteiger partial charge is 0.253 e. The van der Waals surface area contributed by atoms with E-state index < -0.39 is 0 Å². The van der Waals surface area contributed by atoms with E-state index in [2.05, 4.69) is 19.2 Å². The van der Waals surface area contributed by atoms with Crippen LogP contribution in [0, 0.1) is 0 Å². The Hall–Kier alpha value is -1.22. The molecule has 0 aliphatic carbocycles. The van der Waals surface area contributed by atoms with Crippen molar-refractivity contribution in [3.8, 4) is 0 Å². The van der Waals surface area contributed by atoms with Gasteiger partial charge in [-0.3, -0.25) is 4.79 Å². The number of hydrogen-bond acceptors (Lipinski definition) is 2. The van der Waals surface area contributed by atoms with Gasteiger partial charge in [-0.15, -0.1) is 19.2 Å². The van der Waals surface area contributed by atoms with Crippen molar-refractivity contribution >= 4 is 18.5 Å². The standard InChI is InChI=1S/C11H13NOS/c1-3-8-12(2)11(13)9-4-6-10(14)7-5-9/h3-7,14H,1,8H2,2H3. The molecule has 0 atom stereocenters. The van der Waals surface area contributed by atoms with Crippen molar-refractivity contribution in [3.63, 3.8) is 0 Å². The van der Waals surface area contributed by atoms with E-state index >= 15 is 0 Å². The first-order valence-electron chi connectivity index (χ1n) is 4.30. The van der Waals surface area contributed by atoms with Gasteiger partial charge in [0.2, 0.25) is 0 Å². The highest BCUT2D eigenvalue weighted by molar-refractivity contribution is 7.80. The number of likely N-dealkylation sites (N-methyl/N-ethyl adjacent to an activating group) is 1. The molecular formula is C11H13NOS. The third-order valence-electron chi connectivity index (χ3n) is 1.86. The minimum atomic E-state index is -0.00164. The van der Waals surface area contributed by atoms with E-state index in [1.807, 2.05) is 0 Å². The summed E-state index contributed by atoms with van der Waals surface area (Å²) in [6.45, 7) is 4.14. The third-order valence-corrected chi connectivity index (χ3v) is 2.16. The van der Waals surface area contributed by atoms with Gasteiger partial charge in [0.1, 0.15) is 0 Å². The first-order valence-corrected chi connectivity index (χ1v) is 4.75. The molecule has 0 fully saturated rings. The molecule has 2 nitrogen and oxygen atoms in total. The quantitative estimate of drug-likeness (QED) is 0.595. The lowest BCUT2D eigenvalue weighted by atomic mass is 10.2. The molecule has 0 spiro atoms. The molecule has 14 heavy (non-hydrogen) atoms. The van der Waals surface area contributed by atoms with Crippen molar-refractivity contribution in [2.75, 3.05) is 13.6 Å². The van der Waals surface area contributed by atoms with E-state index in [4.69, 9.17) is 0 Å². The molecule has 1 amide bonds. The Morgan fingerprint density at radius 3 is 2.57 bits per heavy atom. The molecule has 0 saturated heterocycles. The van der Waals surface area contributed by atoms with Gasteiger partial charge < -0.3 is 4.90 Å². The zero-order valence-electron chi connectivity index (χ0n) is 8.10. The monoisotopic (exact) mass is 207 g/mol. The Balaban J connectivity index is 2.78. The van der Waals surface area contributed by atoms with Crippen LogP contribution in [0.25, 0.3) is 0 Å². The molecule has 0 heterocycles. The van der Waals surface area contributed by atoms with Crippen molar-refractivity contribution < 1.29 is 4.79 Å². The topological polar surface area (TPSA) is 20.3 Å². The fourth-order valence-electron chi connectivity index (χ4n) is 1.10. The minimum Gasteiger partial charge on any atom is -0.338 e. The molecule has 0 aliphatic rings. The summed E-state index contributed by atoms with van der Waals surface area (Å²) in [6, 6.07) is 7.14. The molecule has 0 aromatic heterocycles. The maximum atomic E-state index is 11.7. The number of hydrogen-bond donors (Lipinski definition) is 1. The Morgan fingerprint density at radius 1 is 1.50 bits per heavy atom. The van der Waals surface area contributed by atoms with Crippen LogP contribution in [-0.2, 0) is 0 Å². The molecule has 0 saturated carbocycles. The molecule has 0 N–H and O–H groups in total. The molecule has 1 rings (SSSR count). The number of carbonyl (C=O) groups excluding carboxylic acids is 1. The summed E-state index contributed by atoms with van der Waals surface area (Å²) in [5, 5.41) is 0. The molecule has 0 radical (unpaired) electrons. The number of benzene rings is 1. The van der Waals surface area contributed by atoms with Crippen molar-refractivity contribution in [2.24, 2.45) is 0 Å². The Labute approximate surface area is 89.6 Å².